The highest BCUT2D eigenvalue weighted by Gasteiger charge is 2.32. The van der Waals surface area contributed by atoms with E-state index in [-0.39, 0.29) is 5.41 Å². The number of piperazine rings is 1. The van der Waals surface area contributed by atoms with E-state index in [4.69, 9.17) is 0 Å². The summed E-state index contributed by atoms with van der Waals surface area (Å²) in [7, 11) is 0. The van der Waals surface area contributed by atoms with Crippen molar-refractivity contribution in [1.82, 2.24) is 10.2 Å². The highest BCUT2D eigenvalue weighted by atomic mass is 32.1. The monoisotopic (exact) mass is 294 g/mol. The smallest absolute Gasteiger partial charge is 0.0219 e. The lowest BCUT2D eigenvalue weighted by Gasteiger charge is -2.43. The highest BCUT2D eigenvalue weighted by Crippen LogP contribution is 2.30. The van der Waals surface area contributed by atoms with Crippen LogP contribution >= 0.6 is 11.3 Å². The van der Waals surface area contributed by atoms with E-state index < -0.39 is 0 Å². The summed E-state index contributed by atoms with van der Waals surface area (Å²) in [6.07, 6.45) is 3.81. The Labute approximate surface area is 128 Å². The molecule has 0 saturated carbocycles. The van der Waals surface area contributed by atoms with Crippen molar-refractivity contribution in [3.05, 3.63) is 22.4 Å². The zero-order chi connectivity index (χ0) is 14.6. The first-order chi connectivity index (χ1) is 9.56. The van der Waals surface area contributed by atoms with Crippen molar-refractivity contribution in [3.8, 4) is 0 Å². The Morgan fingerprint density at radius 1 is 1.40 bits per heavy atom. The summed E-state index contributed by atoms with van der Waals surface area (Å²) in [6, 6.07) is 5.85. The number of thiophene rings is 1. The summed E-state index contributed by atoms with van der Waals surface area (Å²) in [5.41, 5.74) is 0.260. The van der Waals surface area contributed by atoms with Gasteiger partial charge >= 0.3 is 0 Å². The lowest BCUT2D eigenvalue weighted by molar-refractivity contribution is 0.101. The molecule has 114 valence electrons. The highest BCUT2D eigenvalue weighted by molar-refractivity contribution is 7.10. The Morgan fingerprint density at radius 3 is 2.80 bits per heavy atom. The first-order valence-electron chi connectivity index (χ1n) is 8.08. The predicted molar refractivity (Wildman–Crippen MR) is 89.7 cm³/mol. The molecule has 3 heteroatoms. The van der Waals surface area contributed by atoms with Crippen LogP contribution in [-0.2, 0) is 5.41 Å². The molecule has 1 aromatic heterocycles. The van der Waals surface area contributed by atoms with E-state index in [1.54, 1.807) is 0 Å². The van der Waals surface area contributed by atoms with Crippen LogP contribution in [0.1, 0.15) is 51.8 Å². The molecule has 1 aliphatic rings. The molecule has 2 nitrogen and oxygen atoms in total. The first kappa shape index (κ1) is 16.0. The van der Waals surface area contributed by atoms with E-state index in [1.807, 2.05) is 11.3 Å². The molecule has 1 N–H and O–H groups in total. The molecule has 1 fully saturated rings. The van der Waals surface area contributed by atoms with Crippen LogP contribution in [0.4, 0.5) is 0 Å². The zero-order valence-electron chi connectivity index (χ0n) is 13.5. The number of nitrogens with zero attached hydrogens (tertiary/aromatic N) is 1. The quantitative estimate of drug-likeness (QED) is 0.856. The van der Waals surface area contributed by atoms with Gasteiger partial charge in [0.1, 0.15) is 0 Å². The maximum Gasteiger partial charge on any atom is 0.0219 e. The minimum Gasteiger partial charge on any atom is -0.311 e. The van der Waals surface area contributed by atoms with Gasteiger partial charge in [0.05, 0.1) is 0 Å². The summed E-state index contributed by atoms with van der Waals surface area (Å²) in [5, 5.41) is 5.93. The number of hydrogen-bond acceptors (Lipinski definition) is 3. The van der Waals surface area contributed by atoms with Gasteiger partial charge in [0.2, 0.25) is 0 Å². The van der Waals surface area contributed by atoms with Crippen LogP contribution < -0.4 is 5.32 Å². The third kappa shape index (κ3) is 3.84. The van der Waals surface area contributed by atoms with Crippen LogP contribution in [-0.4, -0.2) is 36.6 Å². The molecule has 0 aromatic carbocycles. The lowest BCUT2D eigenvalue weighted by atomic mass is 9.89. The molecule has 2 atom stereocenters. The van der Waals surface area contributed by atoms with Crippen LogP contribution in [0.25, 0.3) is 0 Å². The van der Waals surface area contributed by atoms with E-state index in [0.29, 0.717) is 12.1 Å². The Morgan fingerprint density at radius 2 is 2.20 bits per heavy atom. The van der Waals surface area contributed by atoms with Crippen LogP contribution in [0.2, 0.25) is 0 Å². The second-order valence-corrected chi connectivity index (χ2v) is 7.69. The molecule has 0 aliphatic carbocycles. The molecule has 20 heavy (non-hydrogen) atoms. The fraction of sp³-hybridized carbons (Fsp3) is 0.765. The second kappa shape index (κ2) is 7.06. The van der Waals surface area contributed by atoms with Gasteiger partial charge in [-0.25, -0.2) is 0 Å². The Bertz CT molecular complexity index is 386. The average Bonchev–Trinajstić information content (AvgIpc) is 2.94. The molecule has 1 aliphatic heterocycles. The van der Waals surface area contributed by atoms with Gasteiger partial charge in [0.15, 0.2) is 0 Å². The zero-order valence-corrected chi connectivity index (χ0v) is 14.3. The van der Waals surface area contributed by atoms with Crippen molar-refractivity contribution in [3.63, 3.8) is 0 Å². The summed E-state index contributed by atoms with van der Waals surface area (Å²) < 4.78 is 0. The largest absolute Gasteiger partial charge is 0.311 e. The third-order valence-electron chi connectivity index (χ3n) is 4.51. The van der Waals surface area contributed by atoms with Gasteiger partial charge in [0.25, 0.3) is 0 Å². The SMILES string of the molecule is CCCC1CN(CC(C)(C)c2cccs2)C(CC)CN1. The number of hydrogen-bond donors (Lipinski definition) is 1. The minimum absolute atomic E-state index is 0.260. The Balaban J connectivity index is 2.03. The average molecular weight is 295 g/mol. The fourth-order valence-corrected chi connectivity index (χ4v) is 4.16. The van der Waals surface area contributed by atoms with Crippen molar-refractivity contribution < 1.29 is 0 Å². The lowest BCUT2D eigenvalue weighted by Crippen LogP contribution is -2.58. The molecule has 1 saturated heterocycles. The van der Waals surface area contributed by atoms with Crippen molar-refractivity contribution in [1.29, 1.82) is 0 Å². The molecule has 2 heterocycles. The summed E-state index contributed by atoms with van der Waals surface area (Å²) in [5.74, 6) is 0. The first-order valence-corrected chi connectivity index (χ1v) is 8.96. The van der Waals surface area contributed by atoms with E-state index in [0.717, 1.165) is 6.54 Å². The molecule has 0 radical (unpaired) electrons. The standard InChI is InChI=1S/C17H30N2S/c1-5-8-14-12-19(15(6-2)11-18-14)13-17(3,4)16-9-7-10-20-16/h7,9-10,14-15,18H,5-6,8,11-13H2,1-4H3. The summed E-state index contributed by atoms with van der Waals surface area (Å²) >= 11 is 1.90. The van der Waals surface area contributed by atoms with E-state index in [9.17, 15) is 0 Å². The molecule has 0 spiro atoms. The fourth-order valence-electron chi connectivity index (χ4n) is 3.32. The van der Waals surface area contributed by atoms with E-state index in [2.05, 4.69) is 55.4 Å². The molecule has 0 amide bonds. The van der Waals surface area contributed by atoms with Gasteiger partial charge in [-0.3, -0.25) is 4.90 Å². The van der Waals surface area contributed by atoms with Crippen molar-refractivity contribution in [2.75, 3.05) is 19.6 Å². The molecular formula is C17H30N2S. The number of rotatable bonds is 6. The number of nitrogens with one attached hydrogen (secondary N) is 1. The van der Waals surface area contributed by atoms with Crippen molar-refractivity contribution >= 4 is 11.3 Å². The molecule has 2 rings (SSSR count). The van der Waals surface area contributed by atoms with Gasteiger partial charge in [-0.1, -0.05) is 40.2 Å². The molecule has 1 aromatic rings. The summed E-state index contributed by atoms with van der Waals surface area (Å²) in [4.78, 5) is 4.24. The van der Waals surface area contributed by atoms with E-state index >= 15 is 0 Å². The van der Waals surface area contributed by atoms with Crippen LogP contribution in [0, 0.1) is 0 Å². The van der Waals surface area contributed by atoms with Gasteiger partial charge < -0.3 is 5.32 Å². The topological polar surface area (TPSA) is 15.3 Å². The van der Waals surface area contributed by atoms with Crippen LogP contribution in [0.15, 0.2) is 17.5 Å². The second-order valence-electron chi connectivity index (χ2n) is 6.75. The maximum atomic E-state index is 3.73. The minimum atomic E-state index is 0.260. The van der Waals surface area contributed by atoms with Gasteiger partial charge in [-0.05, 0) is 24.3 Å². The molecule has 0 bridgehead atoms. The predicted octanol–water partition coefficient (Wildman–Crippen LogP) is 3.88. The van der Waals surface area contributed by atoms with Crippen molar-refractivity contribution in [2.45, 2.75) is 64.5 Å². The summed E-state index contributed by atoms with van der Waals surface area (Å²) in [6.45, 7) is 12.9. The maximum absolute atomic E-state index is 3.73. The molecular weight excluding hydrogens is 264 g/mol. The van der Waals surface area contributed by atoms with Crippen LogP contribution in [0.5, 0.6) is 0 Å². The van der Waals surface area contributed by atoms with Crippen LogP contribution in [0.3, 0.4) is 0 Å². The Hall–Kier alpha value is -0.380. The normalized spacial score (nSPS) is 25.0. The van der Waals surface area contributed by atoms with Gasteiger partial charge in [0, 0.05) is 42.0 Å². The van der Waals surface area contributed by atoms with E-state index in [1.165, 1.54) is 37.2 Å². The Kier molecular flexibility index (Phi) is 5.65. The molecule has 2 unspecified atom stereocenters. The third-order valence-corrected chi connectivity index (χ3v) is 5.74. The van der Waals surface area contributed by atoms with Gasteiger partial charge in [-0.2, -0.15) is 0 Å². The van der Waals surface area contributed by atoms with Gasteiger partial charge in [-0.15, -0.1) is 11.3 Å². The van der Waals surface area contributed by atoms with Crippen molar-refractivity contribution in [2.24, 2.45) is 0 Å².